The molecular weight excluding hydrogens is 329 g/mol. The van der Waals surface area contributed by atoms with Crippen molar-refractivity contribution in [2.75, 3.05) is 17.5 Å². The Morgan fingerprint density at radius 3 is 2.76 bits per heavy atom. The maximum Gasteiger partial charge on any atom is 0.410 e. The number of alkyl halides is 1. The van der Waals surface area contributed by atoms with Crippen LogP contribution in [-0.2, 0) is 4.74 Å². The summed E-state index contributed by atoms with van der Waals surface area (Å²) in [6.07, 6.45) is 4.73. The van der Waals surface area contributed by atoms with Gasteiger partial charge >= 0.3 is 6.09 Å². The lowest BCUT2D eigenvalue weighted by molar-refractivity contribution is 0.0161. The van der Waals surface area contributed by atoms with Crippen LogP contribution in [0.15, 0.2) is 0 Å². The standard InChI is InChI=1S/C13H24INO2/c1-13(2,3)17-12(16)15-9-5-7-11(10-15)6-4-8-14/h11H,4-10H2,1-3H3/t11-/m0/s1. The Kier molecular flexibility index (Phi) is 6.03. The van der Waals surface area contributed by atoms with E-state index in [2.05, 4.69) is 22.6 Å². The highest BCUT2D eigenvalue weighted by Gasteiger charge is 2.27. The topological polar surface area (TPSA) is 29.5 Å². The first-order valence-electron chi connectivity index (χ1n) is 6.46. The molecule has 1 saturated heterocycles. The predicted octanol–water partition coefficient (Wildman–Crippen LogP) is 3.85. The lowest BCUT2D eigenvalue weighted by atomic mass is 9.94. The smallest absolute Gasteiger partial charge is 0.410 e. The molecule has 17 heavy (non-hydrogen) atoms. The van der Waals surface area contributed by atoms with Crippen LogP contribution < -0.4 is 0 Å². The average molecular weight is 353 g/mol. The lowest BCUT2D eigenvalue weighted by Gasteiger charge is -2.34. The number of hydrogen-bond donors (Lipinski definition) is 0. The van der Waals surface area contributed by atoms with E-state index >= 15 is 0 Å². The second-order valence-electron chi connectivity index (χ2n) is 5.77. The van der Waals surface area contributed by atoms with Crippen LogP contribution in [0.25, 0.3) is 0 Å². The average Bonchev–Trinajstić information content (AvgIpc) is 2.24. The molecular formula is C13H24INO2. The SMILES string of the molecule is CC(C)(C)OC(=O)N1CCC[C@H](CCCI)C1. The molecule has 3 nitrogen and oxygen atoms in total. The van der Waals surface area contributed by atoms with Gasteiger partial charge in [0.05, 0.1) is 0 Å². The normalized spacial score (nSPS) is 21.4. The third-order valence-corrected chi connectivity index (χ3v) is 3.68. The first kappa shape index (κ1) is 15.1. The van der Waals surface area contributed by atoms with Crippen LogP contribution in [0.3, 0.4) is 0 Å². The third kappa shape index (κ3) is 5.93. The molecule has 0 N–H and O–H groups in total. The Morgan fingerprint density at radius 2 is 2.18 bits per heavy atom. The van der Waals surface area contributed by atoms with Crippen LogP contribution in [0.2, 0.25) is 0 Å². The van der Waals surface area contributed by atoms with E-state index in [4.69, 9.17) is 4.74 Å². The first-order valence-corrected chi connectivity index (χ1v) is 7.99. The molecule has 1 fully saturated rings. The van der Waals surface area contributed by atoms with Gasteiger partial charge in [0.25, 0.3) is 0 Å². The fourth-order valence-electron chi connectivity index (χ4n) is 2.16. The van der Waals surface area contributed by atoms with Crippen molar-refractivity contribution in [3.05, 3.63) is 0 Å². The Morgan fingerprint density at radius 1 is 1.47 bits per heavy atom. The van der Waals surface area contributed by atoms with Crippen LogP contribution in [0.1, 0.15) is 46.5 Å². The fraction of sp³-hybridized carbons (Fsp3) is 0.923. The van der Waals surface area contributed by atoms with Crippen molar-refractivity contribution in [2.45, 2.75) is 52.1 Å². The number of carbonyl (C=O) groups excluding carboxylic acids is 1. The zero-order valence-electron chi connectivity index (χ0n) is 11.2. The Balaban J connectivity index is 2.40. The molecule has 0 bridgehead atoms. The molecule has 1 atom stereocenters. The summed E-state index contributed by atoms with van der Waals surface area (Å²) in [4.78, 5) is 13.8. The Bertz CT molecular complexity index is 250. The molecule has 0 aromatic rings. The number of hydrogen-bond acceptors (Lipinski definition) is 2. The van der Waals surface area contributed by atoms with Gasteiger partial charge in [-0.05, 0) is 56.8 Å². The minimum absolute atomic E-state index is 0.142. The van der Waals surface area contributed by atoms with Gasteiger partial charge in [-0.15, -0.1) is 0 Å². The van der Waals surface area contributed by atoms with Gasteiger partial charge in [0.15, 0.2) is 0 Å². The van der Waals surface area contributed by atoms with Crippen LogP contribution >= 0.6 is 22.6 Å². The second-order valence-corrected chi connectivity index (χ2v) is 6.84. The van der Waals surface area contributed by atoms with Crippen molar-refractivity contribution in [3.8, 4) is 0 Å². The van der Waals surface area contributed by atoms with E-state index in [0.29, 0.717) is 5.92 Å². The summed E-state index contributed by atoms with van der Waals surface area (Å²) in [5.74, 6) is 0.672. The van der Waals surface area contributed by atoms with E-state index in [1.807, 2.05) is 25.7 Å². The number of piperidine rings is 1. The number of rotatable bonds is 3. The van der Waals surface area contributed by atoms with E-state index in [0.717, 1.165) is 19.5 Å². The lowest BCUT2D eigenvalue weighted by Crippen LogP contribution is -2.42. The van der Waals surface area contributed by atoms with Crippen LogP contribution in [0, 0.1) is 5.92 Å². The zero-order chi connectivity index (χ0) is 12.9. The summed E-state index contributed by atoms with van der Waals surface area (Å²) in [7, 11) is 0. The highest BCUT2D eigenvalue weighted by molar-refractivity contribution is 14.1. The van der Waals surface area contributed by atoms with Gasteiger partial charge in [-0.1, -0.05) is 22.6 Å². The van der Waals surface area contributed by atoms with Crippen LogP contribution in [-0.4, -0.2) is 34.1 Å². The maximum atomic E-state index is 11.9. The van der Waals surface area contributed by atoms with Crippen molar-refractivity contribution in [1.29, 1.82) is 0 Å². The minimum Gasteiger partial charge on any atom is -0.444 e. The van der Waals surface area contributed by atoms with Gasteiger partial charge in [0, 0.05) is 13.1 Å². The Labute approximate surface area is 118 Å². The van der Waals surface area contributed by atoms with Gasteiger partial charge in [-0.3, -0.25) is 0 Å². The largest absolute Gasteiger partial charge is 0.444 e. The summed E-state index contributed by atoms with van der Waals surface area (Å²) in [6, 6.07) is 0. The van der Waals surface area contributed by atoms with Gasteiger partial charge in [-0.2, -0.15) is 0 Å². The van der Waals surface area contributed by atoms with Crippen molar-refractivity contribution >= 4 is 28.7 Å². The fourth-order valence-corrected chi connectivity index (χ4v) is 2.60. The molecule has 100 valence electrons. The number of ether oxygens (including phenoxy) is 1. The summed E-state index contributed by atoms with van der Waals surface area (Å²) in [5, 5.41) is 0. The minimum atomic E-state index is -0.383. The molecule has 1 amide bonds. The van der Waals surface area contributed by atoms with Crippen LogP contribution in [0.4, 0.5) is 4.79 Å². The molecule has 0 aromatic heterocycles. The number of carbonyl (C=O) groups is 1. The summed E-state index contributed by atoms with van der Waals surface area (Å²) < 4.78 is 6.62. The quantitative estimate of drug-likeness (QED) is 0.570. The molecule has 4 heteroatoms. The summed E-state index contributed by atoms with van der Waals surface area (Å²) in [6.45, 7) is 7.49. The third-order valence-electron chi connectivity index (χ3n) is 2.92. The first-order chi connectivity index (χ1) is 7.92. The molecule has 1 aliphatic rings. The maximum absolute atomic E-state index is 11.9. The van der Waals surface area contributed by atoms with Gasteiger partial charge in [0.1, 0.15) is 5.60 Å². The molecule has 0 spiro atoms. The van der Waals surface area contributed by atoms with Gasteiger partial charge < -0.3 is 9.64 Å². The van der Waals surface area contributed by atoms with Gasteiger partial charge in [-0.25, -0.2) is 4.79 Å². The van der Waals surface area contributed by atoms with E-state index < -0.39 is 0 Å². The molecule has 1 rings (SSSR count). The van der Waals surface area contributed by atoms with E-state index in [9.17, 15) is 4.79 Å². The second kappa shape index (κ2) is 6.81. The molecule has 0 aliphatic carbocycles. The summed E-state index contributed by atoms with van der Waals surface area (Å²) in [5.41, 5.74) is -0.383. The molecule has 0 saturated carbocycles. The highest BCUT2D eigenvalue weighted by atomic mass is 127. The van der Waals surface area contributed by atoms with Crippen molar-refractivity contribution in [1.82, 2.24) is 4.90 Å². The molecule has 0 radical (unpaired) electrons. The monoisotopic (exact) mass is 353 g/mol. The highest BCUT2D eigenvalue weighted by Crippen LogP contribution is 2.23. The van der Waals surface area contributed by atoms with Crippen molar-refractivity contribution in [2.24, 2.45) is 5.92 Å². The molecule has 0 aromatic carbocycles. The molecule has 0 unspecified atom stereocenters. The number of nitrogens with zero attached hydrogens (tertiary/aromatic N) is 1. The predicted molar refractivity (Wildman–Crippen MR) is 78.7 cm³/mol. The van der Waals surface area contributed by atoms with Gasteiger partial charge in [0.2, 0.25) is 0 Å². The van der Waals surface area contributed by atoms with E-state index in [-0.39, 0.29) is 11.7 Å². The summed E-state index contributed by atoms with van der Waals surface area (Å²) >= 11 is 2.41. The zero-order valence-corrected chi connectivity index (χ0v) is 13.3. The number of halogens is 1. The van der Waals surface area contributed by atoms with Crippen LogP contribution in [0.5, 0.6) is 0 Å². The molecule has 1 heterocycles. The number of likely N-dealkylation sites (tertiary alicyclic amines) is 1. The van der Waals surface area contributed by atoms with Crippen molar-refractivity contribution in [3.63, 3.8) is 0 Å². The number of amides is 1. The van der Waals surface area contributed by atoms with E-state index in [1.165, 1.54) is 23.7 Å². The Hall–Kier alpha value is 0. The van der Waals surface area contributed by atoms with E-state index in [1.54, 1.807) is 0 Å². The van der Waals surface area contributed by atoms with Crippen molar-refractivity contribution < 1.29 is 9.53 Å². The molecule has 1 aliphatic heterocycles.